The van der Waals surface area contributed by atoms with E-state index in [2.05, 4.69) is 54.7 Å². The van der Waals surface area contributed by atoms with Crippen LogP contribution in [0.4, 0.5) is 0 Å². The number of aromatic nitrogens is 5. The third-order valence-electron chi connectivity index (χ3n) is 5.95. The molecule has 0 N–H and O–H groups in total. The minimum Gasteiger partial charge on any atom is -0.493 e. The van der Waals surface area contributed by atoms with Crippen molar-refractivity contribution in [2.24, 2.45) is 0 Å². The van der Waals surface area contributed by atoms with Gasteiger partial charge >= 0.3 is 0 Å². The van der Waals surface area contributed by atoms with Crippen LogP contribution in [0.3, 0.4) is 0 Å². The molecule has 0 saturated heterocycles. The number of ether oxygens (including phenoxy) is 2. The third kappa shape index (κ3) is 3.17. The Morgan fingerprint density at radius 2 is 1.72 bits per heavy atom. The summed E-state index contributed by atoms with van der Waals surface area (Å²) in [5.74, 6) is 2.13. The molecule has 7 heteroatoms. The van der Waals surface area contributed by atoms with Gasteiger partial charge in [0.15, 0.2) is 28.6 Å². The Bertz CT molecular complexity index is 1460. The summed E-state index contributed by atoms with van der Waals surface area (Å²) in [4.78, 5) is 9.64. The number of methoxy groups -OCH3 is 2. The van der Waals surface area contributed by atoms with Crippen molar-refractivity contribution in [3.8, 4) is 17.2 Å². The Hall–Kier alpha value is -3.87. The van der Waals surface area contributed by atoms with Gasteiger partial charge in [0.2, 0.25) is 0 Å². The van der Waals surface area contributed by atoms with Gasteiger partial charge in [-0.25, -0.2) is 14.5 Å². The number of fused-ring (bicyclic) bond motifs is 3. The van der Waals surface area contributed by atoms with Crippen LogP contribution in [0.25, 0.3) is 22.4 Å². The highest BCUT2D eigenvalue weighted by molar-refractivity contribution is 5.95. The normalized spacial score (nSPS) is 11.4. The highest BCUT2D eigenvalue weighted by Gasteiger charge is 2.19. The van der Waals surface area contributed by atoms with Gasteiger partial charge in [-0.2, -0.15) is 0 Å². The van der Waals surface area contributed by atoms with E-state index in [4.69, 9.17) is 19.4 Å². The quantitative estimate of drug-likeness (QED) is 0.410. The van der Waals surface area contributed by atoms with E-state index in [9.17, 15) is 0 Å². The number of rotatable bonds is 5. The fraction of sp³-hybridized carbons (Fsp3) is 0.240. The molecule has 0 fully saturated rings. The topological polar surface area (TPSA) is 66.5 Å². The zero-order valence-corrected chi connectivity index (χ0v) is 18.9. The van der Waals surface area contributed by atoms with Crippen molar-refractivity contribution >= 4 is 16.7 Å². The summed E-state index contributed by atoms with van der Waals surface area (Å²) in [5, 5.41) is 5.71. The second kappa shape index (κ2) is 7.67. The van der Waals surface area contributed by atoms with Crippen LogP contribution in [0.15, 0.2) is 48.8 Å². The van der Waals surface area contributed by atoms with Crippen molar-refractivity contribution in [2.75, 3.05) is 14.2 Å². The molecule has 0 aliphatic heterocycles. The van der Waals surface area contributed by atoms with Crippen LogP contribution in [-0.2, 0) is 6.42 Å². The number of benzene rings is 2. The molecule has 0 radical (unpaired) electrons. The van der Waals surface area contributed by atoms with Crippen molar-refractivity contribution < 1.29 is 9.47 Å². The van der Waals surface area contributed by atoms with E-state index in [-0.39, 0.29) is 0 Å². The minimum absolute atomic E-state index is 0.583. The number of nitrogens with zero attached hydrogens (tertiary/aromatic N) is 5. The lowest BCUT2D eigenvalue weighted by molar-refractivity contribution is 0.354. The highest BCUT2D eigenvalue weighted by Crippen LogP contribution is 2.31. The second-order valence-corrected chi connectivity index (χ2v) is 7.99. The Morgan fingerprint density at radius 3 is 2.47 bits per heavy atom. The van der Waals surface area contributed by atoms with Crippen molar-refractivity contribution in [3.05, 3.63) is 77.0 Å². The Balaban J connectivity index is 1.62. The Labute approximate surface area is 186 Å². The lowest BCUT2D eigenvalue weighted by Crippen LogP contribution is -1.99. The van der Waals surface area contributed by atoms with Gasteiger partial charge in [0.1, 0.15) is 6.33 Å². The smallest absolute Gasteiger partial charge is 0.168 e. The molecular weight excluding hydrogens is 402 g/mol. The van der Waals surface area contributed by atoms with E-state index >= 15 is 0 Å². The van der Waals surface area contributed by atoms with Gasteiger partial charge in [0, 0.05) is 17.8 Å². The van der Waals surface area contributed by atoms with E-state index in [1.165, 1.54) is 5.56 Å². The molecule has 5 rings (SSSR count). The monoisotopic (exact) mass is 427 g/mol. The fourth-order valence-corrected chi connectivity index (χ4v) is 4.24. The molecule has 0 spiro atoms. The first-order chi connectivity index (χ1) is 15.5. The molecule has 32 heavy (non-hydrogen) atoms. The van der Waals surface area contributed by atoms with Gasteiger partial charge in [-0.15, -0.1) is 5.10 Å². The van der Waals surface area contributed by atoms with Gasteiger partial charge in [0.25, 0.3) is 0 Å². The predicted molar refractivity (Wildman–Crippen MR) is 124 cm³/mol. The van der Waals surface area contributed by atoms with Gasteiger partial charge in [-0.3, -0.25) is 4.57 Å². The Kier molecular flexibility index (Phi) is 4.81. The molecule has 0 bridgehead atoms. The van der Waals surface area contributed by atoms with Crippen LogP contribution in [-0.4, -0.2) is 38.4 Å². The fourth-order valence-electron chi connectivity index (χ4n) is 4.24. The average Bonchev–Trinajstić information content (AvgIpc) is 3.31. The molecule has 162 valence electrons. The van der Waals surface area contributed by atoms with Crippen molar-refractivity contribution in [1.29, 1.82) is 0 Å². The standard InChI is InChI=1S/C25H25N5O2/c1-15-7-6-8-19(11-15)30-17(3)16(2)23-24(30)26-14-29-25(23)27-22(28-29)13-18-9-10-20(31-4)21(12-18)32-5/h6-12,14H,13H2,1-5H3. The SMILES string of the molecule is COc1ccc(Cc2nc3c4c(C)c(C)n(-c5cccc(C)c5)c4ncn3n2)cc1OC. The molecule has 3 heterocycles. The van der Waals surface area contributed by atoms with E-state index in [0.29, 0.717) is 17.9 Å². The average molecular weight is 428 g/mol. The van der Waals surface area contributed by atoms with Gasteiger partial charge < -0.3 is 9.47 Å². The highest BCUT2D eigenvalue weighted by atomic mass is 16.5. The summed E-state index contributed by atoms with van der Waals surface area (Å²) in [6.07, 6.45) is 2.33. The number of aryl methyl sites for hydroxylation is 2. The molecule has 7 nitrogen and oxygen atoms in total. The van der Waals surface area contributed by atoms with Gasteiger partial charge in [0.05, 0.1) is 19.6 Å². The Morgan fingerprint density at radius 1 is 0.906 bits per heavy atom. The molecule has 0 saturated carbocycles. The maximum Gasteiger partial charge on any atom is 0.168 e. The molecule has 2 aromatic carbocycles. The largest absolute Gasteiger partial charge is 0.493 e. The molecular formula is C25H25N5O2. The maximum absolute atomic E-state index is 5.43. The molecule has 0 atom stereocenters. The molecule has 0 unspecified atom stereocenters. The van der Waals surface area contributed by atoms with E-state index in [1.54, 1.807) is 25.1 Å². The summed E-state index contributed by atoms with van der Waals surface area (Å²) < 4.78 is 14.7. The van der Waals surface area contributed by atoms with Crippen LogP contribution in [0.5, 0.6) is 11.5 Å². The summed E-state index contributed by atoms with van der Waals surface area (Å²) >= 11 is 0. The molecule has 0 aliphatic carbocycles. The molecule has 3 aromatic heterocycles. The minimum atomic E-state index is 0.583. The zero-order valence-electron chi connectivity index (χ0n) is 18.9. The predicted octanol–water partition coefficient (Wildman–Crippen LogP) is 4.60. The van der Waals surface area contributed by atoms with E-state index in [0.717, 1.165) is 45.0 Å². The second-order valence-electron chi connectivity index (χ2n) is 7.99. The van der Waals surface area contributed by atoms with Crippen LogP contribution >= 0.6 is 0 Å². The van der Waals surface area contributed by atoms with Crippen molar-refractivity contribution in [3.63, 3.8) is 0 Å². The summed E-state index contributed by atoms with van der Waals surface area (Å²) in [6, 6.07) is 14.3. The van der Waals surface area contributed by atoms with Crippen molar-refractivity contribution in [2.45, 2.75) is 27.2 Å². The molecule has 0 aliphatic rings. The summed E-state index contributed by atoms with van der Waals surface area (Å²) in [5.41, 5.74) is 7.37. The molecule has 5 aromatic rings. The maximum atomic E-state index is 5.43. The zero-order chi connectivity index (χ0) is 22.4. The first kappa shape index (κ1) is 20.1. The summed E-state index contributed by atoms with van der Waals surface area (Å²) in [6.45, 7) is 6.34. The number of hydrogen-bond donors (Lipinski definition) is 0. The molecule has 0 amide bonds. The number of hydrogen-bond acceptors (Lipinski definition) is 5. The first-order valence-corrected chi connectivity index (χ1v) is 10.5. The van der Waals surface area contributed by atoms with Crippen molar-refractivity contribution in [1.82, 2.24) is 24.1 Å². The van der Waals surface area contributed by atoms with Crippen LogP contribution in [0.1, 0.15) is 28.2 Å². The first-order valence-electron chi connectivity index (χ1n) is 10.5. The van der Waals surface area contributed by atoms with E-state index < -0.39 is 0 Å². The summed E-state index contributed by atoms with van der Waals surface area (Å²) in [7, 11) is 3.27. The lowest BCUT2D eigenvalue weighted by atomic mass is 10.1. The third-order valence-corrected chi connectivity index (χ3v) is 5.95. The van der Waals surface area contributed by atoms with Crippen LogP contribution in [0.2, 0.25) is 0 Å². The van der Waals surface area contributed by atoms with Crippen LogP contribution < -0.4 is 9.47 Å². The van der Waals surface area contributed by atoms with Gasteiger partial charge in [-0.05, 0) is 61.7 Å². The van der Waals surface area contributed by atoms with Gasteiger partial charge in [-0.1, -0.05) is 18.2 Å². The lowest BCUT2D eigenvalue weighted by Gasteiger charge is -2.08. The van der Waals surface area contributed by atoms with Crippen LogP contribution in [0, 0.1) is 20.8 Å². The van der Waals surface area contributed by atoms with E-state index in [1.807, 2.05) is 18.2 Å².